The fraction of sp³-hybridized carbons (Fsp3) is 0.364. The molecule has 0 fully saturated rings. The maximum atomic E-state index is 12.2. The van der Waals surface area contributed by atoms with Gasteiger partial charge in [0.05, 0.1) is 11.4 Å². The number of rotatable bonds is 9. The van der Waals surface area contributed by atoms with Crippen molar-refractivity contribution in [1.29, 1.82) is 0 Å². The number of benzene rings is 2. The van der Waals surface area contributed by atoms with E-state index >= 15 is 0 Å². The highest BCUT2D eigenvalue weighted by Crippen LogP contribution is 2.22. The van der Waals surface area contributed by atoms with E-state index < -0.39 is 10.0 Å². The van der Waals surface area contributed by atoms with Crippen LogP contribution in [0.3, 0.4) is 0 Å². The molecule has 0 unspecified atom stereocenters. The first kappa shape index (κ1) is 22.0. The maximum absolute atomic E-state index is 12.2. The maximum Gasteiger partial charge on any atom is 0.263 e. The van der Waals surface area contributed by atoms with Crippen LogP contribution >= 0.6 is 0 Å². The molecule has 0 aliphatic carbocycles. The van der Waals surface area contributed by atoms with Crippen LogP contribution in [0.15, 0.2) is 58.4 Å². The third-order valence-electron chi connectivity index (χ3n) is 5.05. The largest absolute Gasteiger partial charge is 0.352 e. The fourth-order valence-electron chi connectivity index (χ4n) is 3.35. The van der Waals surface area contributed by atoms with Gasteiger partial charge in [-0.2, -0.15) is 0 Å². The molecule has 160 valence electrons. The smallest absolute Gasteiger partial charge is 0.263 e. The topological polar surface area (TPSA) is 90.9 Å². The molecule has 8 heteroatoms. The van der Waals surface area contributed by atoms with Gasteiger partial charge in [0.1, 0.15) is 5.84 Å². The summed E-state index contributed by atoms with van der Waals surface area (Å²) in [6.07, 6.45) is 0.187. The van der Waals surface area contributed by atoms with Gasteiger partial charge in [-0.05, 0) is 36.3 Å². The third-order valence-corrected chi connectivity index (χ3v) is 6.45. The minimum atomic E-state index is -3.55. The molecule has 1 heterocycles. The number of sulfonamides is 1. The summed E-state index contributed by atoms with van der Waals surface area (Å²) in [5.41, 5.74) is 2.82. The monoisotopic (exact) mass is 428 g/mol. The highest BCUT2D eigenvalue weighted by molar-refractivity contribution is 7.90. The van der Waals surface area contributed by atoms with E-state index in [2.05, 4.69) is 45.9 Å². The Kier molecular flexibility index (Phi) is 7.23. The quantitative estimate of drug-likeness (QED) is 0.641. The average Bonchev–Trinajstić information content (AvgIpc) is 3.01. The van der Waals surface area contributed by atoms with Gasteiger partial charge in [0.25, 0.3) is 10.0 Å². The van der Waals surface area contributed by atoms with Crippen molar-refractivity contribution < 1.29 is 13.2 Å². The number of aliphatic imine (C=N–C) groups is 1. The molecule has 1 aliphatic heterocycles. The molecule has 0 saturated heterocycles. The summed E-state index contributed by atoms with van der Waals surface area (Å²) >= 11 is 0. The lowest BCUT2D eigenvalue weighted by Gasteiger charge is -2.18. The van der Waals surface area contributed by atoms with Crippen LogP contribution in [0.2, 0.25) is 0 Å². The number of carbonyl (C=O) groups is 1. The van der Waals surface area contributed by atoms with Gasteiger partial charge < -0.3 is 5.32 Å². The van der Waals surface area contributed by atoms with E-state index in [-0.39, 0.29) is 23.8 Å². The highest BCUT2D eigenvalue weighted by atomic mass is 32.2. The Morgan fingerprint density at radius 2 is 1.80 bits per heavy atom. The van der Waals surface area contributed by atoms with Crippen molar-refractivity contribution in [3.05, 3.63) is 65.2 Å². The van der Waals surface area contributed by atoms with E-state index in [0.717, 1.165) is 25.2 Å². The second-order valence-corrected chi connectivity index (χ2v) is 8.79. The Morgan fingerprint density at radius 3 is 2.57 bits per heavy atom. The van der Waals surface area contributed by atoms with Crippen molar-refractivity contribution in [3.8, 4) is 0 Å². The fourth-order valence-corrected chi connectivity index (χ4v) is 4.60. The van der Waals surface area contributed by atoms with Gasteiger partial charge in [0.15, 0.2) is 0 Å². The van der Waals surface area contributed by atoms with Gasteiger partial charge >= 0.3 is 0 Å². The Balaban J connectivity index is 1.51. The van der Waals surface area contributed by atoms with Crippen LogP contribution in [-0.2, 0) is 27.9 Å². The Hall–Kier alpha value is -2.71. The van der Waals surface area contributed by atoms with Gasteiger partial charge in [0.2, 0.25) is 5.91 Å². The normalized spacial score (nSPS) is 15.8. The summed E-state index contributed by atoms with van der Waals surface area (Å²) in [5.74, 6) is 0.171. The number of hydrogen-bond acceptors (Lipinski definition) is 5. The molecular weight excluding hydrogens is 400 g/mol. The summed E-state index contributed by atoms with van der Waals surface area (Å²) in [5, 5.41) is 2.91. The standard InChI is InChI=1S/C22H28N4O3S/c1-3-26(4-2)16-18-9-7-8-17(14-18)15-24-21(27)12-13-23-22-19-10-5-6-11-20(19)30(28,29)25-22/h5-11,14H,3-4,12-13,15-16H2,1-2H3,(H,23,25)(H,24,27). The van der Waals surface area contributed by atoms with E-state index in [4.69, 9.17) is 0 Å². The van der Waals surface area contributed by atoms with Gasteiger partial charge in [0, 0.05) is 25.1 Å². The lowest BCUT2D eigenvalue weighted by molar-refractivity contribution is -0.121. The molecular formula is C22H28N4O3S. The molecule has 30 heavy (non-hydrogen) atoms. The van der Waals surface area contributed by atoms with E-state index in [9.17, 15) is 13.2 Å². The third kappa shape index (κ3) is 5.46. The van der Waals surface area contributed by atoms with Crippen molar-refractivity contribution in [1.82, 2.24) is 14.9 Å². The lowest BCUT2D eigenvalue weighted by Crippen LogP contribution is -2.25. The van der Waals surface area contributed by atoms with E-state index in [1.54, 1.807) is 24.3 Å². The van der Waals surface area contributed by atoms with Crippen LogP contribution in [0.5, 0.6) is 0 Å². The molecule has 0 radical (unpaired) electrons. The summed E-state index contributed by atoms with van der Waals surface area (Å²) in [4.78, 5) is 19.0. The number of carbonyl (C=O) groups excluding carboxylic acids is 1. The van der Waals surface area contributed by atoms with Crippen LogP contribution in [0.1, 0.15) is 37.0 Å². The van der Waals surface area contributed by atoms with Gasteiger partial charge in [-0.1, -0.05) is 50.2 Å². The van der Waals surface area contributed by atoms with E-state index in [0.29, 0.717) is 17.9 Å². The van der Waals surface area contributed by atoms with Gasteiger partial charge in [-0.15, -0.1) is 0 Å². The van der Waals surface area contributed by atoms with Crippen LogP contribution in [0, 0.1) is 0 Å². The number of amides is 1. The number of amidine groups is 1. The van der Waals surface area contributed by atoms with E-state index in [1.807, 2.05) is 12.1 Å². The predicted molar refractivity (Wildman–Crippen MR) is 118 cm³/mol. The van der Waals surface area contributed by atoms with Crippen molar-refractivity contribution in [3.63, 3.8) is 0 Å². The Morgan fingerprint density at radius 1 is 1.07 bits per heavy atom. The zero-order chi connectivity index (χ0) is 21.6. The highest BCUT2D eigenvalue weighted by Gasteiger charge is 2.29. The molecule has 0 aromatic heterocycles. The summed E-state index contributed by atoms with van der Waals surface area (Å²) < 4.78 is 26.6. The molecule has 1 aliphatic rings. The SMILES string of the molecule is CCN(CC)Cc1cccc(CNC(=O)CCN=C2NS(=O)(=O)c3ccccc32)c1. The zero-order valence-corrected chi connectivity index (χ0v) is 18.2. The molecule has 0 saturated carbocycles. The van der Waals surface area contributed by atoms with Gasteiger partial charge in [-0.25, -0.2) is 8.42 Å². The van der Waals surface area contributed by atoms with E-state index in [1.165, 1.54) is 5.56 Å². The van der Waals surface area contributed by atoms with Crippen molar-refractivity contribution in [2.24, 2.45) is 4.99 Å². The first-order valence-corrected chi connectivity index (χ1v) is 11.6. The first-order chi connectivity index (χ1) is 14.4. The summed E-state index contributed by atoms with van der Waals surface area (Å²) in [7, 11) is -3.55. The molecule has 3 rings (SSSR count). The number of hydrogen-bond donors (Lipinski definition) is 2. The van der Waals surface area contributed by atoms with Crippen LogP contribution in [0.25, 0.3) is 0 Å². The summed E-state index contributed by atoms with van der Waals surface area (Å²) in [6, 6.07) is 14.9. The Bertz CT molecular complexity index is 1030. The number of nitrogens with zero attached hydrogens (tertiary/aromatic N) is 2. The molecule has 2 aromatic carbocycles. The number of fused-ring (bicyclic) bond motifs is 1. The van der Waals surface area contributed by atoms with Crippen molar-refractivity contribution >= 4 is 21.8 Å². The van der Waals surface area contributed by atoms with Gasteiger partial charge in [-0.3, -0.25) is 19.4 Å². The predicted octanol–water partition coefficient (Wildman–Crippen LogP) is 2.27. The molecule has 0 atom stereocenters. The lowest BCUT2D eigenvalue weighted by atomic mass is 10.1. The molecule has 1 amide bonds. The molecule has 0 spiro atoms. The van der Waals surface area contributed by atoms with Crippen molar-refractivity contribution in [2.45, 2.75) is 38.3 Å². The van der Waals surface area contributed by atoms with Crippen molar-refractivity contribution in [2.75, 3.05) is 19.6 Å². The van der Waals surface area contributed by atoms with Crippen LogP contribution in [-0.4, -0.2) is 44.7 Å². The first-order valence-electron chi connectivity index (χ1n) is 10.2. The summed E-state index contributed by atoms with van der Waals surface area (Å²) in [6.45, 7) is 7.85. The molecule has 2 N–H and O–H groups in total. The van der Waals surface area contributed by atoms with Crippen LogP contribution < -0.4 is 10.0 Å². The molecule has 0 bridgehead atoms. The molecule has 7 nitrogen and oxygen atoms in total. The second-order valence-electron chi connectivity index (χ2n) is 7.14. The zero-order valence-electron chi connectivity index (χ0n) is 17.4. The average molecular weight is 429 g/mol. The number of nitrogens with one attached hydrogen (secondary N) is 2. The minimum absolute atomic E-state index is 0.123. The molecule has 2 aromatic rings. The Labute approximate surface area is 178 Å². The second kappa shape index (κ2) is 9.86. The van der Waals surface area contributed by atoms with Crippen LogP contribution in [0.4, 0.5) is 0 Å². The minimum Gasteiger partial charge on any atom is -0.352 e.